The second-order valence-corrected chi connectivity index (χ2v) is 11.2. The summed E-state index contributed by atoms with van der Waals surface area (Å²) in [6.07, 6.45) is 3.12. The molecule has 4 atom stereocenters. The first kappa shape index (κ1) is 25.1. The van der Waals surface area contributed by atoms with Gasteiger partial charge in [0.25, 0.3) is 0 Å². The first-order valence-corrected chi connectivity index (χ1v) is 13.8. The molecular formula is C31H32ClN3O3. The molecule has 6 rings (SSSR count). The highest BCUT2D eigenvalue weighted by molar-refractivity contribution is 6.31. The minimum Gasteiger partial charge on any atom is -0.393 e. The number of nitrogens with one attached hydrogen (secondary N) is 3. The fourth-order valence-electron chi connectivity index (χ4n) is 6.81. The number of halogens is 1. The van der Waals surface area contributed by atoms with E-state index in [0.29, 0.717) is 30.0 Å². The number of aliphatic hydroxyl groups is 1. The molecule has 3 aromatic rings. The molecular weight excluding hydrogens is 498 g/mol. The molecule has 3 aromatic carbocycles. The number of aliphatic hydroxyl groups excluding tert-OH is 1. The fourth-order valence-corrected chi connectivity index (χ4v) is 6.98. The van der Waals surface area contributed by atoms with E-state index in [-0.39, 0.29) is 29.9 Å². The number of rotatable bonds is 5. The van der Waals surface area contributed by atoms with Crippen LogP contribution in [0.25, 0.3) is 0 Å². The van der Waals surface area contributed by atoms with Crippen LogP contribution in [0.2, 0.25) is 5.02 Å². The average molecular weight is 530 g/mol. The summed E-state index contributed by atoms with van der Waals surface area (Å²) in [4.78, 5) is 28.2. The van der Waals surface area contributed by atoms with E-state index in [1.54, 1.807) is 6.07 Å². The Labute approximate surface area is 227 Å². The van der Waals surface area contributed by atoms with Crippen LogP contribution in [-0.2, 0) is 21.4 Å². The molecule has 2 heterocycles. The number of hydrogen-bond acceptors (Lipinski definition) is 4. The van der Waals surface area contributed by atoms with Gasteiger partial charge in [-0.2, -0.15) is 0 Å². The van der Waals surface area contributed by atoms with Gasteiger partial charge in [0.15, 0.2) is 0 Å². The fraction of sp³-hybridized carbons (Fsp3) is 0.355. The maximum atomic E-state index is 14.2. The molecule has 2 amide bonds. The van der Waals surface area contributed by atoms with Crippen molar-refractivity contribution in [1.82, 2.24) is 10.6 Å². The van der Waals surface area contributed by atoms with Crippen LogP contribution >= 0.6 is 11.6 Å². The third kappa shape index (κ3) is 4.31. The van der Waals surface area contributed by atoms with Crippen molar-refractivity contribution in [3.05, 3.63) is 101 Å². The molecule has 3 aliphatic rings. The van der Waals surface area contributed by atoms with E-state index in [1.165, 1.54) is 0 Å². The van der Waals surface area contributed by atoms with E-state index in [0.717, 1.165) is 29.5 Å². The van der Waals surface area contributed by atoms with Crippen LogP contribution in [0.4, 0.5) is 5.69 Å². The summed E-state index contributed by atoms with van der Waals surface area (Å²) in [5, 5.41) is 20.5. The summed E-state index contributed by atoms with van der Waals surface area (Å²) in [5.74, 6) is -0.569. The van der Waals surface area contributed by atoms with Gasteiger partial charge < -0.3 is 15.7 Å². The molecule has 4 N–H and O–H groups in total. The lowest BCUT2D eigenvalue weighted by atomic mass is 9.64. The van der Waals surface area contributed by atoms with Gasteiger partial charge in [0.05, 0.1) is 18.2 Å². The third-order valence-electron chi connectivity index (χ3n) is 8.60. The van der Waals surface area contributed by atoms with E-state index in [9.17, 15) is 14.7 Å². The van der Waals surface area contributed by atoms with Gasteiger partial charge in [-0.3, -0.25) is 14.9 Å². The predicted octanol–water partition coefficient (Wildman–Crippen LogP) is 4.52. The van der Waals surface area contributed by atoms with Crippen molar-refractivity contribution in [2.45, 2.75) is 61.7 Å². The smallest absolute Gasteiger partial charge is 0.237 e. The summed E-state index contributed by atoms with van der Waals surface area (Å²) in [6.45, 7) is 0. The molecule has 38 heavy (non-hydrogen) atoms. The lowest BCUT2D eigenvalue weighted by Crippen LogP contribution is -2.51. The standard InChI is InChI=1S/C31H32ClN3O3/c32-21-11-16-24-26(18-21)34-30(38)31(24)25(17-19-7-3-1-4-8-19)27(35-28(31)20-9-5-2-6-10-20)29(37)33-22-12-14-23(36)15-13-22/h1-11,16,18,22-23,25,27-28,35-36H,12-15,17H2,(H,33,37)(H,34,38)/t22?,23?,25-,27+,28-,31-/m0/s1. The molecule has 2 fully saturated rings. The van der Waals surface area contributed by atoms with Crippen molar-refractivity contribution in [1.29, 1.82) is 0 Å². The van der Waals surface area contributed by atoms with Crippen molar-refractivity contribution in [3.63, 3.8) is 0 Å². The Hall–Kier alpha value is -3.19. The molecule has 0 aromatic heterocycles. The van der Waals surface area contributed by atoms with E-state index in [1.807, 2.05) is 60.7 Å². The van der Waals surface area contributed by atoms with Crippen LogP contribution in [0.5, 0.6) is 0 Å². The van der Waals surface area contributed by atoms with Crippen molar-refractivity contribution < 1.29 is 14.7 Å². The van der Waals surface area contributed by atoms with E-state index >= 15 is 0 Å². The molecule has 0 unspecified atom stereocenters. The monoisotopic (exact) mass is 529 g/mol. The quantitative estimate of drug-likeness (QED) is 0.391. The van der Waals surface area contributed by atoms with Crippen LogP contribution in [0.1, 0.15) is 48.4 Å². The van der Waals surface area contributed by atoms with Gasteiger partial charge in [0.1, 0.15) is 5.41 Å². The molecule has 1 saturated heterocycles. The number of carbonyl (C=O) groups is 2. The maximum Gasteiger partial charge on any atom is 0.237 e. The van der Waals surface area contributed by atoms with Crippen molar-refractivity contribution in [2.75, 3.05) is 5.32 Å². The highest BCUT2D eigenvalue weighted by Crippen LogP contribution is 2.56. The van der Waals surface area contributed by atoms with Crippen LogP contribution in [0, 0.1) is 5.92 Å². The molecule has 0 bridgehead atoms. The summed E-state index contributed by atoms with van der Waals surface area (Å²) in [7, 11) is 0. The molecule has 0 radical (unpaired) electrons. The van der Waals surface area contributed by atoms with Crippen LogP contribution in [0.3, 0.4) is 0 Å². The molecule has 6 nitrogen and oxygen atoms in total. The van der Waals surface area contributed by atoms with Gasteiger partial charge in [0.2, 0.25) is 11.8 Å². The summed E-state index contributed by atoms with van der Waals surface area (Å²) < 4.78 is 0. The van der Waals surface area contributed by atoms with E-state index in [2.05, 4.69) is 28.1 Å². The minimum absolute atomic E-state index is 0.0142. The number of fused-ring (bicyclic) bond motifs is 2. The van der Waals surface area contributed by atoms with Gasteiger partial charge in [-0.25, -0.2) is 0 Å². The van der Waals surface area contributed by atoms with E-state index < -0.39 is 17.5 Å². The lowest BCUT2D eigenvalue weighted by molar-refractivity contribution is -0.126. The summed E-state index contributed by atoms with van der Waals surface area (Å²) in [5.41, 5.74) is 2.58. The lowest BCUT2D eigenvalue weighted by Gasteiger charge is -2.35. The Kier molecular flexibility index (Phi) is 6.72. The number of anilines is 1. The highest BCUT2D eigenvalue weighted by atomic mass is 35.5. The first-order valence-electron chi connectivity index (χ1n) is 13.4. The molecule has 196 valence electrons. The number of hydrogen-bond donors (Lipinski definition) is 4. The Bertz CT molecular complexity index is 1330. The zero-order valence-corrected chi connectivity index (χ0v) is 21.8. The Morgan fingerprint density at radius 3 is 2.37 bits per heavy atom. The molecule has 1 spiro atoms. The van der Waals surface area contributed by atoms with Crippen molar-refractivity contribution >= 4 is 29.1 Å². The van der Waals surface area contributed by atoms with Crippen molar-refractivity contribution in [3.8, 4) is 0 Å². The normalized spacial score (nSPS) is 30.2. The van der Waals surface area contributed by atoms with Crippen LogP contribution in [0.15, 0.2) is 78.9 Å². The van der Waals surface area contributed by atoms with E-state index in [4.69, 9.17) is 11.6 Å². The molecule has 7 heteroatoms. The van der Waals surface area contributed by atoms with Crippen LogP contribution < -0.4 is 16.0 Å². The Morgan fingerprint density at radius 2 is 1.66 bits per heavy atom. The Morgan fingerprint density at radius 1 is 0.974 bits per heavy atom. The van der Waals surface area contributed by atoms with Gasteiger partial charge >= 0.3 is 0 Å². The number of amides is 2. The minimum atomic E-state index is -1.01. The van der Waals surface area contributed by atoms with Crippen molar-refractivity contribution in [2.24, 2.45) is 5.92 Å². The maximum absolute atomic E-state index is 14.2. The predicted molar refractivity (Wildman–Crippen MR) is 148 cm³/mol. The first-order chi connectivity index (χ1) is 18.5. The zero-order valence-electron chi connectivity index (χ0n) is 21.1. The highest BCUT2D eigenvalue weighted by Gasteiger charge is 2.65. The summed E-state index contributed by atoms with van der Waals surface area (Å²) >= 11 is 6.33. The SMILES string of the molecule is O=C(NC1CCC(O)CC1)[C@@H]1N[C@@H](c2ccccc2)[C@@]2(C(=O)Nc3cc(Cl)ccc32)[C@H]1Cc1ccccc1. The van der Waals surface area contributed by atoms with Crippen LogP contribution in [-0.4, -0.2) is 35.1 Å². The third-order valence-corrected chi connectivity index (χ3v) is 8.83. The zero-order chi connectivity index (χ0) is 26.3. The second kappa shape index (κ2) is 10.2. The Balaban J connectivity index is 1.47. The molecule has 1 saturated carbocycles. The number of carbonyl (C=O) groups excluding carboxylic acids is 2. The number of benzene rings is 3. The van der Waals surface area contributed by atoms with Gasteiger partial charge in [-0.05, 0) is 60.9 Å². The molecule has 1 aliphatic carbocycles. The van der Waals surface area contributed by atoms with Gasteiger partial charge in [-0.15, -0.1) is 0 Å². The topological polar surface area (TPSA) is 90.5 Å². The summed E-state index contributed by atoms with van der Waals surface area (Å²) in [6, 6.07) is 24.5. The van der Waals surface area contributed by atoms with Gasteiger partial charge in [-0.1, -0.05) is 78.3 Å². The van der Waals surface area contributed by atoms with Gasteiger partial charge in [0, 0.05) is 22.7 Å². The second-order valence-electron chi connectivity index (χ2n) is 10.8. The average Bonchev–Trinajstić information content (AvgIpc) is 3.41. The largest absolute Gasteiger partial charge is 0.393 e. The molecule has 2 aliphatic heterocycles.